The van der Waals surface area contributed by atoms with Crippen molar-refractivity contribution in [1.29, 1.82) is 0 Å². The Morgan fingerprint density at radius 2 is 1.64 bits per heavy atom. The first-order chi connectivity index (χ1) is 6.04. The summed E-state index contributed by atoms with van der Waals surface area (Å²) in [6.07, 6.45) is 0. The van der Waals surface area contributed by atoms with Crippen molar-refractivity contribution >= 4 is 5.97 Å². The molecule has 1 aromatic rings. The first-order valence-corrected chi connectivity index (χ1v) is 3.67. The maximum atomic E-state index is 9.60. The van der Waals surface area contributed by atoms with Crippen LogP contribution in [0.25, 0.3) is 0 Å². The summed E-state index contributed by atoms with van der Waals surface area (Å²) in [5.74, 6) is -0.613. The maximum Gasteiger partial charge on any atom is 0.330 e. The van der Waals surface area contributed by atoms with Crippen LogP contribution in [0.5, 0.6) is 5.75 Å². The molecular weight excluding hydrogens is 184 g/mol. The molecule has 0 aliphatic rings. The van der Waals surface area contributed by atoms with Gasteiger partial charge in [-0.1, -0.05) is 24.8 Å². The highest BCUT2D eigenvalue weighted by Gasteiger charge is 1.90. The first-order valence-electron chi connectivity index (χ1n) is 3.67. The molecule has 0 radical (unpaired) electrons. The Morgan fingerprint density at radius 3 is 1.79 bits per heavy atom. The lowest BCUT2D eigenvalue weighted by Crippen LogP contribution is -1.92. The zero-order valence-corrected chi connectivity index (χ0v) is 7.90. The van der Waals surface area contributed by atoms with E-state index in [2.05, 4.69) is 6.58 Å². The zero-order valence-electron chi connectivity index (χ0n) is 7.90. The van der Waals surface area contributed by atoms with Crippen LogP contribution < -0.4 is 0 Å². The van der Waals surface area contributed by atoms with E-state index in [1.807, 2.05) is 6.07 Å². The Labute approximate surface area is 82.4 Å². The normalized spacial score (nSPS) is 7.50. The SMILES string of the molecule is C=C(C)C(=O)O.O.Oc1ccccc1. The van der Waals surface area contributed by atoms with E-state index in [9.17, 15) is 4.79 Å². The predicted molar refractivity (Wildman–Crippen MR) is 54.2 cm³/mol. The number of carboxylic acid groups (broad SMARTS) is 1. The van der Waals surface area contributed by atoms with Crippen LogP contribution in [0.1, 0.15) is 6.92 Å². The molecule has 0 unspecified atom stereocenters. The largest absolute Gasteiger partial charge is 0.508 e. The fourth-order valence-electron chi connectivity index (χ4n) is 0.428. The van der Waals surface area contributed by atoms with E-state index < -0.39 is 5.97 Å². The third kappa shape index (κ3) is 8.29. The van der Waals surface area contributed by atoms with Gasteiger partial charge in [0.25, 0.3) is 0 Å². The molecule has 0 heterocycles. The third-order valence-electron chi connectivity index (χ3n) is 1.12. The average molecular weight is 198 g/mol. The van der Waals surface area contributed by atoms with Crippen LogP contribution >= 0.6 is 0 Å². The molecule has 0 aliphatic heterocycles. The van der Waals surface area contributed by atoms with E-state index in [1.165, 1.54) is 6.92 Å². The summed E-state index contributed by atoms with van der Waals surface area (Å²) in [6.45, 7) is 4.60. The van der Waals surface area contributed by atoms with Crippen molar-refractivity contribution < 1.29 is 20.5 Å². The summed E-state index contributed by atoms with van der Waals surface area (Å²) in [6, 6.07) is 8.71. The molecule has 0 saturated heterocycles. The lowest BCUT2D eigenvalue weighted by atomic mass is 10.3. The van der Waals surface area contributed by atoms with Crippen molar-refractivity contribution in [2.24, 2.45) is 0 Å². The molecule has 4 nitrogen and oxygen atoms in total. The number of rotatable bonds is 1. The van der Waals surface area contributed by atoms with Crippen LogP contribution in [0.2, 0.25) is 0 Å². The van der Waals surface area contributed by atoms with Crippen molar-refractivity contribution in [2.75, 3.05) is 0 Å². The number of carbonyl (C=O) groups is 1. The molecule has 1 rings (SSSR count). The molecule has 1 aromatic carbocycles. The quantitative estimate of drug-likeness (QED) is 0.665. The minimum absolute atomic E-state index is 0. The second kappa shape index (κ2) is 7.82. The number of phenolic OH excluding ortho intramolecular Hbond substituents is 1. The van der Waals surface area contributed by atoms with Gasteiger partial charge >= 0.3 is 5.97 Å². The van der Waals surface area contributed by atoms with Gasteiger partial charge in [-0.15, -0.1) is 0 Å². The van der Waals surface area contributed by atoms with Gasteiger partial charge in [-0.2, -0.15) is 0 Å². The second-order valence-corrected chi connectivity index (χ2v) is 2.42. The monoisotopic (exact) mass is 198 g/mol. The van der Waals surface area contributed by atoms with E-state index in [4.69, 9.17) is 10.2 Å². The number of para-hydroxylation sites is 1. The molecule has 0 spiro atoms. The summed E-state index contributed by atoms with van der Waals surface area (Å²) >= 11 is 0. The van der Waals surface area contributed by atoms with Crippen molar-refractivity contribution in [3.8, 4) is 5.75 Å². The fraction of sp³-hybridized carbons (Fsp3) is 0.100. The van der Waals surface area contributed by atoms with Gasteiger partial charge in [0.1, 0.15) is 5.75 Å². The Balaban J connectivity index is 0. The van der Waals surface area contributed by atoms with Gasteiger partial charge in [-0.3, -0.25) is 0 Å². The maximum absolute atomic E-state index is 9.60. The molecule has 0 atom stereocenters. The van der Waals surface area contributed by atoms with Crippen molar-refractivity contribution in [1.82, 2.24) is 0 Å². The van der Waals surface area contributed by atoms with Gasteiger partial charge in [0.15, 0.2) is 0 Å². The molecule has 0 bridgehead atoms. The van der Waals surface area contributed by atoms with Gasteiger partial charge in [0.2, 0.25) is 0 Å². The molecule has 14 heavy (non-hydrogen) atoms. The van der Waals surface area contributed by atoms with Gasteiger partial charge in [-0.25, -0.2) is 4.79 Å². The summed E-state index contributed by atoms with van der Waals surface area (Å²) in [5, 5.41) is 16.5. The number of carboxylic acids is 1. The van der Waals surface area contributed by atoms with Crippen LogP contribution in [-0.4, -0.2) is 21.7 Å². The molecule has 0 aliphatic carbocycles. The van der Waals surface area contributed by atoms with E-state index in [0.29, 0.717) is 5.75 Å². The van der Waals surface area contributed by atoms with E-state index in [1.54, 1.807) is 24.3 Å². The van der Waals surface area contributed by atoms with Crippen LogP contribution in [0, 0.1) is 0 Å². The van der Waals surface area contributed by atoms with Gasteiger partial charge in [0, 0.05) is 5.57 Å². The standard InChI is InChI=1S/C6H6O.C4H6O2.H2O/c7-6-4-2-1-3-5-6;1-3(2)4(5)6;/h1-5,7H;1H2,2H3,(H,5,6);1H2. The molecule has 0 fully saturated rings. The minimum atomic E-state index is -0.935. The average Bonchev–Trinajstić information content (AvgIpc) is 2.06. The number of aromatic hydroxyl groups is 1. The molecule has 0 aromatic heterocycles. The highest BCUT2D eigenvalue weighted by atomic mass is 16.4. The predicted octanol–water partition coefficient (Wildman–Crippen LogP) is 1.21. The van der Waals surface area contributed by atoms with Crippen LogP contribution in [0.4, 0.5) is 0 Å². The molecule has 0 amide bonds. The smallest absolute Gasteiger partial charge is 0.330 e. The lowest BCUT2D eigenvalue weighted by Gasteiger charge is -1.82. The summed E-state index contributed by atoms with van der Waals surface area (Å²) in [4.78, 5) is 9.60. The van der Waals surface area contributed by atoms with Crippen LogP contribution in [0.3, 0.4) is 0 Å². The summed E-state index contributed by atoms with van der Waals surface area (Å²) in [7, 11) is 0. The number of benzene rings is 1. The summed E-state index contributed by atoms with van der Waals surface area (Å²) < 4.78 is 0. The minimum Gasteiger partial charge on any atom is -0.508 e. The van der Waals surface area contributed by atoms with E-state index in [0.717, 1.165) is 0 Å². The second-order valence-electron chi connectivity index (χ2n) is 2.42. The zero-order chi connectivity index (χ0) is 10.3. The van der Waals surface area contributed by atoms with Gasteiger partial charge in [-0.05, 0) is 19.1 Å². The molecule has 0 saturated carbocycles. The highest BCUT2D eigenvalue weighted by Crippen LogP contribution is 2.02. The molecular formula is C10H14O4. The number of aliphatic carboxylic acids is 1. The Kier molecular flexibility index (Phi) is 8.21. The first kappa shape index (κ1) is 14.7. The molecule has 4 N–H and O–H groups in total. The third-order valence-corrected chi connectivity index (χ3v) is 1.12. The van der Waals surface area contributed by atoms with Gasteiger partial charge in [0.05, 0.1) is 0 Å². The number of hydrogen-bond acceptors (Lipinski definition) is 2. The molecule has 4 heteroatoms. The number of hydrogen-bond donors (Lipinski definition) is 2. The Hall–Kier alpha value is -1.81. The van der Waals surface area contributed by atoms with E-state index in [-0.39, 0.29) is 11.0 Å². The van der Waals surface area contributed by atoms with Crippen molar-refractivity contribution in [3.05, 3.63) is 42.5 Å². The summed E-state index contributed by atoms with van der Waals surface area (Å²) in [5.41, 5.74) is 0.176. The highest BCUT2D eigenvalue weighted by molar-refractivity contribution is 5.84. The fourth-order valence-corrected chi connectivity index (χ4v) is 0.428. The van der Waals surface area contributed by atoms with Crippen molar-refractivity contribution in [2.45, 2.75) is 6.92 Å². The van der Waals surface area contributed by atoms with Gasteiger partial charge < -0.3 is 15.7 Å². The topological polar surface area (TPSA) is 89.0 Å². The van der Waals surface area contributed by atoms with Crippen LogP contribution in [0.15, 0.2) is 42.5 Å². The molecule has 78 valence electrons. The lowest BCUT2D eigenvalue weighted by molar-refractivity contribution is -0.132. The van der Waals surface area contributed by atoms with Crippen molar-refractivity contribution in [3.63, 3.8) is 0 Å². The van der Waals surface area contributed by atoms with E-state index >= 15 is 0 Å². The Morgan fingerprint density at radius 1 is 1.29 bits per heavy atom. The Bertz CT molecular complexity index is 267. The van der Waals surface area contributed by atoms with Crippen LogP contribution in [-0.2, 0) is 4.79 Å². The number of phenols is 1.